The number of allylic oxidation sites excluding steroid dienone is 3. The number of quaternary nitrogens is 1. The van der Waals surface area contributed by atoms with Crippen LogP contribution < -0.4 is 10.0 Å². The van der Waals surface area contributed by atoms with Crippen molar-refractivity contribution in [3.8, 4) is 0 Å². The molecular weight excluding hydrogens is 262 g/mol. The molecule has 3 nitrogen and oxygen atoms in total. The number of carboxylic acid groups (broad SMARTS) is 1. The Labute approximate surface area is 130 Å². The molecule has 1 atom stereocenters. The van der Waals surface area contributed by atoms with Gasteiger partial charge in [-0.05, 0) is 32.3 Å². The van der Waals surface area contributed by atoms with Gasteiger partial charge in [0.05, 0.1) is 12.7 Å². The van der Waals surface area contributed by atoms with Crippen LogP contribution in [0.3, 0.4) is 0 Å². The fourth-order valence-corrected chi connectivity index (χ4v) is 2.52. The lowest BCUT2D eigenvalue weighted by Crippen LogP contribution is -3.04. The zero-order chi connectivity index (χ0) is 15.9. The molecule has 122 valence electrons. The van der Waals surface area contributed by atoms with Crippen LogP contribution in [0.15, 0.2) is 24.0 Å². The number of unbranched alkanes of at least 4 members (excludes halogenated alkanes) is 6. The SMILES string of the molecule is CC(=O)[O-].CCCCCCCCC[NH+]1C=CC=C1CCC. The van der Waals surface area contributed by atoms with Gasteiger partial charge >= 0.3 is 0 Å². The summed E-state index contributed by atoms with van der Waals surface area (Å²) in [5.41, 5.74) is 1.60. The highest BCUT2D eigenvalue weighted by atomic mass is 16.4. The molecule has 1 heterocycles. The molecule has 0 saturated carbocycles. The van der Waals surface area contributed by atoms with E-state index in [2.05, 4.69) is 32.2 Å². The number of hydrogen-bond donors (Lipinski definition) is 1. The molecule has 0 spiro atoms. The van der Waals surface area contributed by atoms with Gasteiger partial charge < -0.3 is 9.90 Å². The predicted molar refractivity (Wildman–Crippen MR) is 86.6 cm³/mol. The molecule has 0 aliphatic carbocycles. The summed E-state index contributed by atoms with van der Waals surface area (Å²) in [6.07, 6.45) is 19.3. The van der Waals surface area contributed by atoms with E-state index >= 15 is 0 Å². The zero-order valence-corrected chi connectivity index (χ0v) is 14.1. The van der Waals surface area contributed by atoms with Gasteiger partial charge in [0.2, 0.25) is 0 Å². The molecule has 0 fully saturated rings. The molecule has 0 radical (unpaired) electrons. The van der Waals surface area contributed by atoms with Crippen LogP contribution in [-0.4, -0.2) is 12.5 Å². The van der Waals surface area contributed by atoms with E-state index in [0.717, 1.165) is 6.92 Å². The Morgan fingerprint density at radius 2 is 1.62 bits per heavy atom. The molecule has 1 aliphatic heterocycles. The van der Waals surface area contributed by atoms with Gasteiger partial charge in [0.15, 0.2) is 0 Å². The third-order valence-corrected chi connectivity index (χ3v) is 3.58. The Kier molecular flexibility index (Phi) is 13.2. The van der Waals surface area contributed by atoms with Crippen LogP contribution in [0, 0.1) is 0 Å². The molecule has 0 aromatic heterocycles. The molecule has 3 heteroatoms. The Bertz CT molecular complexity index is 317. The maximum absolute atomic E-state index is 8.89. The van der Waals surface area contributed by atoms with Gasteiger partial charge in [0.25, 0.3) is 0 Å². The molecule has 1 unspecified atom stereocenters. The van der Waals surface area contributed by atoms with Crippen molar-refractivity contribution in [3.63, 3.8) is 0 Å². The largest absolute Gasteiger partial charge is 0.550 e. The van der Waals surface area contributed by atoms with Gasteiger partial charge in [-0.3, -0.25) is 4.90 Å². The Balaban J connectivity index is 0.000000885. The van der Waals surface area contributed by atoms with Gasteiger partial charge in [-0.15, -0.1) is 0 Å². The summed E-state index contributed by atoms with van der Waals surface area (Å²) < 4.78 is 0. The topological polar surface area (TPSA) is 44.6 Å². The lowest BCUT2D eigenvalue weighted by Gasteiger charge is -2.13. The number of hydrogen-bond acceptors (Lipinski definition) is 2. The van der Waals surface area contributed by atoms with Crippen molar-refractivity contribution in [2.45, 2.75) is 78.6 Å². The smallest absolute Gasteiger partial charge is 0.112 e. The Morgan fingerprint density at radius 3 is 2.19 bits per heavy atom. The van der Waals surface area contributed by atoms with Crippen molar-refractivity contribution in [2.75, 3.05) is 6.54 Å². The number of carboxylic acids is 1. The van der Waals surface area contributed by atoms with Crippen molar-refractivity contribution < 1.29 is 14.8 Å². The fraction of sp³-hybridized carbons (Fsp3) is 0.722. The summed E-state index contributed by atoms with van der Waals surface area (Å²) in [5, 5.41) is 8.89. The van der Waals surface area contributed by atoms with E-state index in [-0.39, 0.29) is 0 Å². The molecule has 1 N–H and O–H groups in total. The van der Waals surface area contributed by atoms with Crippen LogP contribution in [0.4, 0.5) is 0 Å². The summed E-state index contributed by atoms with van der Waals surface area (Å²) in [4.78, 5) is 10.5. The number of nitrogens with one attached hydrogen (secondary N) is 1. The third kappa shape index (κ3) is 12.4. The van der Waals surface area contributed by atoms with Crippen molar-refractivity contribution in [2.24, 2.45) is 0 Å². The van der Waals surface area contributed by atoms with Gasteiger partial charge in [0.1, 0.15) is 5.70 Å². The van der Waals surface area contributed by atoms with Gasteiger partial charge in [-0.1, -0.05) is 46.0 Å². The average molecular weight is 295 g/mol. The van der Waals surface area contributed by atoms with Crippen molar-refractivity contribution in [1.82, 2.24) is 0 Å². The minimum atomic E-state index is -1.08. The molecule has 21 heavy (non-hydrogen) atoms. The lowest BCUT2D eigenvalue weighted by atomic mass is 10.1. The molecule has 0 aromatic rings. The summed E-state index contributed by atoms with van der Waals surface area (Å²) in [6.45, 7) is 6.82. The van der Waals surface area contributed by atoms with Crippen molar-refractivity contribution in [1.29, 1.82) is 0 Å². The van der Waals surface area contributed by atoms with E-state index in [1.165, 1.54) is 64.3 Å². The van der Waals surface area contributed by atoms with Crippen LogP contribution in [0.2, 0.25) is 0 Å². The summed E-state index contributed by atoms with van der Waals surface area (Å²) >= 11 is 0. The molecular formula is C18H33NO2. The van der Waals surface area contributed by atoms with Crippen molar-refractivity contribution in [3.05, 3.63) is 24.0 Å². The number of carbonyl (C=O) groups is 1. The zero-order valence-electron chi connectivity index (χ0n) is 14.1. The molecule has 0 amide bonds. The first-order valence-electron chi connectivity index (χ1n) is 8.52. The lowest BCUT2D eigenvalue weighted by molar-refractivity contribution is -0.804. The highest BCUT2D eigenvalue weighted by Crippen LogP contribution is 2.07. The first-order chi connectivity index (χ1) is 10.1. The highest BCUT2D eigenvalue weighted by molar-refractivity contribution is 5.60. The van der Waals surface area contributed by atoms with Gasteiger partial charge in [0, 0.05) is 18.5 Å². The normalized spacial score (nSPS) is 16.3. The monoisotopic (exact) mass is 295 g/mol. The average Bonchev–Trinajstić information content (AvgIpc) is 2.85. The van der Waals surface area contributed by atoms with E-state index < -0.39 is 5.97 Å². The molecule has 0 aromatic carbocycles. The third-order valence-electron chi connectivity index (χ3n) is 3.58. The Hall–Kier alpha value is -1.09. The second-order valence-corrected chi connectivity index (χ2v) is 5.69. The molecule has 1 aliphatic rings. The van der Waals surface area contributed by atoms with Crippen LogP contribution in [0.5, 0.6) is 0 Å². The van der Waals surface area contributed by atoms with Gasteiger partial charge in [-0.2, -0.15) is 0 Å². The van der Waals surface area contributed by atoms with Crippen LogP contribution in [0.25, 0.3) is 0 Å². The quantitative estimate of drug-likeness (QED) is 0.630. The fourth-order valence-electron chi connectivity index (χ4n) is 2.52. The van der Waals surface area contributed by atoms with E-state index in [0.29, 0.717) is 0 Å². The highest BCUT2D eigenvalue weighted by Gasteiger charge is 2.14. The standard InChI is InChI=1S/C16H29N.C2H4O2/c1-3-5-6-7-8-9-10-14-17-15-11-13-16(17)12-4-2;1-2(3)4/h11,13,15H,3-10,12,14H2,1-2H3;1H3,(H,3,4). The second kappa shape index (κ2) is 13.9. The summed E-state index contributed by atoms with van der Waals surface area (Å²) in [5.74, 6) is -1.08. The maximum atomic E-state index is 8.89. The second-order valence-electron chi connectivity index (χ2n) is 5.69. The number of rotatable bonds is 10. The number of carbonyl (C=O) groups excluding carboxylic acids is 1. The molecule has 0 saturated heterocycles. The minimum absolute atomic E-state index is 0.972. The maximum Gasteiger partial charge on any atom is 0.112 e. The summed E-state index contributed by atoms with van der Waals surface area (Å²) in [6, 6.07) is 0. The first kappa shape index (κ1) is 19.9. The van der Waals surface area contributed by atoms with E-state index in [4.69, 9.17) is 9.90 Å². The van der Waals surface area contributed by atoms with Crippen molar-refractivity contribution >= 4 is 5.97 Å². The first-order valence-corrected chi connectivity index (χ1v) is 8.52. The van der Waals surface area contributed by atoms with E-state index in [1.807, 2.05) is 0 Å². The summed E-state index contributed by atoms with van der Waals surface area (Å²) in [7, 11) is 0. The van der Waals surface area contributed by atoms with Crippen LogP contribution >= 0.6 is 0 Å². The van der Waals surface area contributed by atoms with Crippen LogP contribution in [0.1, 0.15) is 78.6 Å². The van der Waals surface area contributed by atoms with Crippen LogP contribution in [-0.2, 0) is 4.79 Å². The Morgan fingerprint density at radius 1 is 1.05 bits per heavy atom. The predicted octanol–water partition coefficient (Wildman–Crippen LogP) is 2.59. The molecule has 0 bridgehead atoms. The van der Waals surface area contributed by atoms with E-state index in [9.17, 15) is 0 Å². The number of aliphatic carboxylic acids is 1. The van der Waals surface area contributed by atoms with Gasteiger partial charge in [-0.25, -0.2) is 0 Å². The minimum Gasteiger partial charge on any atom is -0.550 e. The van der Waals surface area contributed by atoms with E-state index in [1.54, 1.807) is 10.6 Å². The molecule has 1 rings (SSSR count).